The third kappa shape index (κ3) is 2.37. The average Bonchev–Trinajstić information content (AvgIpc) is 2.73. The molecular formula is C14H16N2O3. The molecule has 1 unspecified atom stereocenters. The van der Waals surface area contributed by atoms with E-state index in [1.807, 2.05) is 24.3 Å². The van der Waals surface area contributed by atoms with Gasteiger partial charge in [-0.05, 0) is 19.9 Å². The molecule has 1 heterocycles. The topological polar surface area (TPSA) is 85.2 Å². The highest BCUT2D eigenvalue weighted by Crippen LogP contribution is 2.23. The molecule has 5 heteroatoms. The van der Waals surface area contributed by atoms with Crippen molar-refractivity contribution < 1.29 is 14.3 Å². The predicted molar refractivity (Wildman–Crippen MR) is 72.0 cm³/mol. The van der Waals surface area contributed by atoms with E-state index in [9.17, 15) is 9.59 Å². The number of para-hydroxylation sites is 1. The van der Waals surface area contributed by atoms with Gasteiger partial charge in [-0.1, -0.05) is 18.2 Å². The Labute approximate surface area is 110 Å². The molecule has 2 aromatic rings. The first kappa shape index (κ1) is 13.3. The predicted octanol–water partition coefficient (Wildman–Crippen LogP) is 1.55. The monoisotopic (exact) mass is 260 g/mol. The second-order valence-electron chi connectivity index (χ2n) is 4.26. The van der Waals surface area contributed by atoms with Crippen LogP contribution in [0.2, 0.25) is 0 Å². The number of H-pyrrole nitrogens is 1. The molecule has 1 atom stereocenters. The summed E-state index contributed by atoms with van der Waals surface area (Å²) in [6.07, 6.45) is 0. The number of ether oxygens (including phenoxy) is 1. The van der Waals surface area contributed by atoms with Crippen molar-refractivity contribution in [2.75, 3.05) is 6.61 Å². The lowest BCUT2D eigenvalue weighted by Gasteiger charge is -2.09. The number of hydrogen-bond acceptors (Lipinski definition) is 4. The van der Waals surface area contributed by atoms with Gasteiger partial charge in [-0.3, -0.25) is 4.79 Å². The van der Waals surface area contributed by atoms with E-state index in [2.05, 4.69) is 4.98 Å². The summed E-state index contributed by atoms with van der Waals surface area (Å²) in [5.74, 6) is -1.12. The number of fused-ring (bicyclic) bond motifs is 1. The molecule has 0 radical (unpaired) electrons. The van der Waals surface area contributed by atoms with Crippen molar-refractivity contribution in [2.45, 2.75) is 19.9 Å². The van der Waals surface area contributed by atoms with Gasteiger partial charge in [0.1, 0.15) is 0 Å². The molecule has 0 bridgehead atoms. The number of aryl methyl sites for hydroxylation is 1. The number of rotatable bonds is 4. The van der Waals surface area contributed by atoms with Crippen LogP contribution in [0.25, 0.3) is 10.9 Å². The Morgan fingerprint density at radius 2 is 2.05 bits per heavy atom. The van der Waals surface area contributed by atoms with E-state index < -0.39 is 17.8 Å². The summed E-state index contributed by atoms with van der Waals surface area (Å²) in [4.78, 5) is 27.0. The molecule has 100 valence electrons. The molecule has 0 aliphatic heterocycles. The zero-order valence-corrected chi connectivity index (χ0v) is 10.9. The largest absolute Gasteiger partial charge is 0.464 e. The van der Waals surface area contributed by atoms with Crippen LogP contribution in [0, 0.1) is 6.92 Å². The highest BCUT2D eigenvalue weighted by molar-refractivity contribution is 6.18. The zero-order chi connectivity index (χ0) is 14.0. The van der Waals surface area contributed by atoms with Crippen LogP contribution in [0.3, 0.4) is 0 Å². The van der Waals surface area contributed by atoms with Crippen molar-refractivity contribution in [3.05, 3.63) is 35.5 Å². The van der Waals surface area contributed by atoms with E-state index >= 15 is 0 Å². The number of benzene rings is 1. The summed E-state index contributed by atoms with van der Waals surface area (Å²) in [6, 6.07) is 6.12. The Balaban J connectivity index is 2.41. The van der Waals surface area contributed by atoms with Crippen molar-refractivity contribution in [1.82, 2.24) is 4.98 Å². The first-order chi connectivity index (χ1) is 9.06. The molecule has 0 amide bonds. The minimum absolute atomic E-state index is 0.201. The van der Waals surface area contributed by atoms with Gasteiger partial charge in [0.2, 0.25) is 0 Å². The number of nitrogens with one attached hydrogen (secondary N) is 1. The quantitative estimate of drug-likeness (QED) is 0.496. The Kier molecular flexibility index (Phi) is 3.66. The molecule has 3 N–H and O–H groups in total. The van der Waals surface area contributed by atoms with E-state index in [0.717, 1.165) is 10.9 Å². The Bertz CT molecular complexity index is 631. The fourth-order valence-electron chi connectivity index (χ4n) is 2.09. The molecule has 0 spiro atoms. The second kappa shape index (κ2) is 5.24. The van der Waals surface area contributed by atoms with Gasteiger partial charge in [0.05, 0.1) is 6.61 Å². The minimum atomic E-state index is -1.28. The zero-order valence-electron chi connectivity index (χ0n) is 10.9. The van der Waals surface area contributed by atoms with E-state index in [1.165, 1.54) is 0 Å². The van der Waals surface area contributed by atoms with Gasteiger partial charge in [-0.25, -0.2) is 4.79 Å². The van der Waals surface area contributed by atoms with E-state index in [4.69, 9.17) is 10.5 Å². The summed E-state index contributed by atoms with van der Waals surface area (Å²) in [5, 5.41) is 0.768. The smallest absolute Gasteiger partial charge is 0.331 e. The Morgan fingerprint density at radius 1 is 1.37 bits per heavy atom. The number of nitrogens with two attached hydrogens (primary N) is 1. The van der Waals surface area contributed by atoms with E-state index in [0.29, 0.717) is 11.3 Å². The van der Waals surface area contributed by atoms with Crippen LogP contribution in [0.5, 0.6) is 0 Å². The van der Waals surface area contributed by atoms with Crippen molar-refractivity contribution in [3.63, 3.8) is 0 Å². The first-order valence-corrected chi connectivity index (χ1v) is 6.10. The van der Waals surface area contributed by atoms with Gasteiger partial charge in [0.25, 0.3) is 0 Å². The van der Waals surface area contributed by atoms with Gasteiger partial charge < -0.3 is 15.5 Å². The minimum Gasteiger partial charge on any atom is -0.464 e. The number of carbonyl (C=O) groups is 2. The third-order valence-corrected chi connectivity index (χ3v) is 2.96. The highest BCUT2D eigenvalue weighted by atomic mass is 16.5. The molecule has 1 aromatic carbocycles. The SMILES string of the molecule is CCOC(=O)C(N)C(=O)c1c(C)[nH]c2ccccc12. The molecule has 0 aliphatic rings. The maximum absolute atomic E-state index is 12.3. The van der Waals surface area contributed by atoms with Crippen molar-refractivity contribution >= 4 is 22.7 Å². The van der Waals surface area contributed by atoms with Crippen LogP contribution in [-0.4, -0.2) is 29.4 Å². The number of carbonyl (C=O) groups excluding carboxylic acids is 2. The van der Waals surface area contributed by atoms with E-state index in [1.54, 1.807) is 13.8 Å². The Morgan fingerprint density at radius 3 is 2.74 bits per heavy atom. The number of aromatic amines is 1. The summed E-state index contributed by atoms with van der Waals surface area (Å²) in [6.45, 7) is 3.66. The van der Waals surface area contributed by atoms with Crippen LogP contribution in [-0.2, 0) is 9.53 Å². The number of ketones is 1. The lowest BCUT2D eigenvalue weighted by molar-refractivity contribution is -0.143. The fraction of sp³-hybridized carbons (Fsp3) is 0.286. The van der Waals surface area contributed by atoms with E-state index in [-0.39, 0.29) is 6.61 Å². The van der Waals surface area contributed by atoms with Crippen LogP contribution >= 0.6 is 0 Å². The van der Waals surface area contributed by atoms with Crippen LogP contribution < -0.4 is 5.73 Å². The maximum atomic E-state index is 12.3. The molecule has 0 aliphatic carbocycles. The van der Waals surface area contributed by atoms with Gasteiger partial charge in [0, 0.05) is 22.2 Å². The third-order valence-electron chi connectivity index (χ3n) is 2.96. The fourth-order valence-corrected chi connectivity index (χ4v) is 2.09. The molecule has 0 saturated heterocycles. The summed E-state index contributed by atoms with van der Waals surface area (Å²) < 4.78 is 4.78. The average molecular weight is 260 g/mol. The molecule has 19 heavy (non-hydrogen) atoms. The maximum Gasteiger partial charge on any atom is 0.331 e. The van der Waals surface area contributed by atoms with Crippen LogP contribution in [0.15, 0.2) is 24.3 Å². The van der Waals surface area contributed by atoms with Crippen molar-refractivity contribution in [2.24, 2.45) is 5.73 Å². The van der Waals surface area contributed by atoms with Gasteiger partial charge in [-0.15, -0.1) is 0 Å². The number of esters is 1. The standard InChI is InChI=1S/C14H16N2O3/c1-3-19-14(18)12(15)13(17)11-8(2)16-10-7-5-4-6-9(10)11/h4-7,12,16H,3,15H2,1-2H3. The lowest BCUT2D eigenvalue weighted by Crippen LogP contribution is -2.40. The van der Waals surface area contributed by atoms with Crippen LogP contribution in [0.4, 0.5) is 0 Å². The molecule has 5 nitrogen and oxygen atoms in total. The van der Waals surface area contributed by atoms with Crippen molar-refractivity contribution in [3.8, 4) is 0 Å². The van der Waals surface area contributed by atoms with Gasteiger partial charge in [-0.2, -0.15) is 0 Å². The number of hydrogen-bond donors (Lipinski definition) is 2. The summed E-state index contributed by atoms with van der Waals surface area (Å²) in [7, 11) is 0. The number of Topliss-reactive ketones (excluding diaryl/α,β-unsaturated/α-hetero) is 1. The normalized spacial score (nSPS) is 12.4. The molecular weight excluding hydrogens is 244 g/mol. The summed E-state index contributed by atoms with van der Waals surface area (Å²) in [5.41, 5.74) is 7.66. The highest BCUT2D eigenvalue weighted by Gasteiger charge is 2.28. The summed E-state index contributed by atoms with van der Waals surface area (Å²) >= 11 is 0. The molecule has 0 saturated carbocycles. The van der Waals surface area contributed by atoms with Gasteiger partial charge in [0.15, 0.2) is 11.8 Å². The van der Waals surface area contributed by atoms with Crippen molar-refractivity contribution in [1.29, 1.82) is 0 Å². The lowest BCUT2D eigenvalue weighted by atomic mass is 10.0. The van der Waals surface area contributed by atoms with Crippen LogP contribution in [0.1, 0.15) is 23.0 Å². The first-order valence-electron chi connectivity index (χ1n) is 6.10. The molecule has 0 fully saturated rings. The molecule has 1 aromatic heterocycles. The Hall–Kier alpha value is -2.14. The second-order valence-corrected chi connectivity index (χ2v) is 4.26. The molecule has 2 rings (SSSR count). The van der Waals surface area contributed by atoms with Gasteiger partial charge >= 0.3 is 5.97 Å². The number of aromatic nitrogens is 1.